The molecule has 3 nitrogen and oxygen atoms in total. The lowest BCUT2D eigenvalue weighted by Crippen LogP contribution is -2.09. The number of benzene rings is 1. The van der Waals surface area contributed by atoms with Crippen molar-refractivity contribution in [2.24, 2.45) is 11.7 Å². The number of nitrogens with two attached hydrogens (primary N) is 1. The van der Waals surface area contributed by atoms with E-state index in [1.165, 1.54) is 11.1 Å². The third-order valence-corrected chi connectivity index (χ3v) is 2.72. The Bertz CT molecular complexity index is 350. The van der Waals surface area contributed by atoms with E-state index in [1.807, 2.05) is 0 Å². The van der Waals surface area contributed by atoms with Gasteiger partial charge < -0.3 is 15.2 Å². The van der Waals surface area contributed by atoms with Crippen LogP contribution in [0.15, 0.2) is 18.2 Å². The Morgan fingerprint density at radius 2 is 1.89 bits per heavy atom. The average Bonchev–Trinajstić information content (AvgIpc) is 2.34. The largest absolute Gasteiger partial charge is 0.379 e. The predicted octanol–water partition coefficient (Wildman–Crippen LogP) is 2.64. The van der Waals surface area contributed by atoms with Gasteiger partial charge in [0.2, 0.25) is 0 Å². The normalized spacial score (nSPS) is 11.2. The maximum Gasteiger partial charge on any atom is 0.0720 e. The van der Waals surface area contributed by atoms with E-state index in [0.717, 1.165) is 12.2 Å². The van der Waals surface area contributed by atoms with Crippen molar-refractivity contribution in [2.45, 2.75) is 33.9 Å². The quantitative estimate of drug-likeness (QED) is 0.722. The van der Waals surface area contributed by atoms with Gasteiger partial charge in [-0.3, -0.25) is 0 Å². The van der Waals surface area contributed by atoms with Crippen LogP contribution in [0.3, 0.4) is 0 Å². The molecule has 0 aliphatic rings. The highest BCUT2D eigenvalue weighted by molar-refractivity contribution is 5.30. The monoisotopic (exact) mass is 251 g/mol. The molecule has 0 amide bonds. The molecule has 1 aromatic rings. The van der Waals surface area contributed by atoms with Crippen LogP contribution < -0.4 is 5.73 Å². The zero-order valence-corrected chi connectivity index (χ0v) is 11.7. The molecule has 0 heterocycles. The van der Waals surface area contributed by atoms with Gasteiger partial charge in [-0.15, -0.1) is 0 Å². The fourth-order valence-corrected chi connectivity index (χ4v) is 1.67. The molecule has 3 heteroatoms. The van der Waals surface area contributed by atoms with E-state index in [-0.39, 0.29) is 0 Å². The highest BCUT2D eigenvalue weighted by Crippen LogP contribution is 2.11. The van der Waals surface area contributed by atoms with Crippen molar-refractivity contribution in [3.05, 3.63) is 34.9 Å². The second kappa shape index (κ2) is 8.25. The molecular weight excluding hydrogens is 226 g/mol. The fourth-order valence-electron chi connectivity index (χ4n) is 1.67. The van der Waals surface area contributed by atoms with Crippen LogP contribution in [-0.4, -0.2) is 19.8 Å². The summed E-state index contributed by atoms with van der Waals surface area (Å²) in [5.41, 5.74) is 9.22. The molecule has 1 rings (SSSR count). The van der Waals surface area contributed by atoms with Crippen LogP contribution in [0.4, 0.5) is 0 Å². The van der Waals surface area contributed by atoms with Crippen LogP contribution in [0.1, 0.15) is 30.5 Å². The molecule has 0 saturated heterocycles. The van der Waals surface area contributed by atoms with Crippen LogP contribution in [0.5, 0.6) is 0 Å². The molecule has 0 aliphatic heterocycles. The van der Waals surface area contributed by atoms with E-state index in [0.29, 0.717) is 32.3 Å². The van der Waals surface area contributed by atoms with Gasteiger partial charge in [0.05, 0.1) is 19.8 Å². The summed E-state index contributed by atoms with van der Waals surface area (Å²) >= 11 is 0. The maximum absolute atomic E-state index is 5.60. The van der Waals surface area contributed by atoms with E-state index in [2.05, 4.69) is 39.0 Å². The van der Waals surface area contributed by atoms with Gasteiger partial charge >= 0.3 is 0 Å². The smallest absolute Gasteiger partial charge is 0.0720 e. The van der Waals surface area contributed by atoms with Gasteiger partial charge in [0.25, 0.3) is 0 Å². The topological polar surface area (TPSA) is 44.5 Å². The molecule has 0 bridgehead atoms. The van der Waals surface area contributed by atoms with E-state index in [1.54, 1.807) is 0 Å². The Hall–Kier alpha value is -0.900. The Kier molecular flexibility index (Phi) is 6.94. The van der Waals surface area contributed by atoms with Gasteiger partial charge in [-0.1, -0.05) is 32.0 Å². The number of ether oxygens (including phenoxy) is 2. The predicted molar refractivity (Wildman–Crippen MR) is 74.4 cm³/mol. The minimum absolute atomic E-state index is 0.580. The second-order valence-electron chi connectivity index (χ2n) is 4.99. The highest BCUT2D eigenvalue weighted by Gasteiger charge is 2.00. The standard InChI is InChI=1S/C15H25NO2/c1-12(2)10-17-6-7-18-11-15-5-4-14(9-16)8-13(15)3/h4-5,8,12H,6-7,9-11,16H2,1-3H3. The van der Waals surface area contributed by atoms with Gasteiger partial charge in [0, 0.05) is 13.2 Å². The lowest BCUT2D eigenvalue weighted by Gasteiger charge is -2.10. The molecule has 2 N–H and O–H groups in total. The molecule has 0 aromatic heterocycles. The lowest BCUT2D eigenvalue weighted by molar-refractivity contribution is 0.0313. The second-order valence-corrected chi connectivity index (χ2v) is 4.99. The molecule has 0 saturated carbocycles. The van der Waals surface area contributed by atoms with Crippen molar-refractivity contribution in [3.63, 3.8) is 0 Å². The molecule has 18 heavy (non-hydrogen) atoms. The number of hydrogen-bond donors (Lipinski definition) is 1. The first-order chi connectivity index (χ1) is 8.63. The zero-order valence-electron chi connectivity index (χ0n) is 11.7. The molecule has 0 fully saturated rings. The molecular formula is C15H25NO2. The minimum atomic E-state index is 0.580. The minimum Gasteiger partial charge on any atom is -0.379 e. The van der Waals surface area contributed by atoms with Gasteiger partial charge in [0.15, 0.2) is 0 Å². The van der Waals surface area contributed by atoms with Crippen LogP contribution in [0, 0.1) is 12.8 Å². The molecule has 0 aliphatic carbocycles. The van der Waals surface area contributed by atoms with Crippen molar-refractivity contribution < 1.29 is 9.47 Å². The average molecular weight is 251 g/mol. The third kappa shape index (κ3) is 5.63. The van der Waals surface area contributed by atoms with Gasteiger partial charge in [0.1, 0.15) is 0 Å². The fraction of sp³-hybridized carbons (Fsp3) is 0.600. The Morgan fingerprint density at radius 3 is 2.50 bits per heavy atom. The summed E-state index contributed by atoms with van der Waals surface area (Å²) in [6.07, 6.45) is 0. The SMILES string of the molecule is Cc1cc(CN)ccc1COCCOCC(C)C. The van der Waals surface area contributed by atoms with Crippen molar-refractivity contribution in [3.8, 4) is 0 Å². The van der Waals surface area contributed by atoms with Crippen LogP contribution >= 0.6 is 0 Å². The van der Waals surface area contributed by atoms with Crippen molar-refractivity contribution in [1.82, 2.24) is 0 Å². The summed E-state index contributed by atoms with van der Waals surface area (Å²) in [4.78, 5) is 0. The summed E-state index contributed by atoms with van der Waals surface area (Å²) in [5, 5.41) is 0. The first-order valence-corrected chi connectivity index (χ1v) is 6.57. The summed E-state index contributed by atoms with van der Waals surface area (Å²) in [6.45, 7) is 9.71. The summed E-state index contributed by atoms with van der Waals surface area (Å²) in [5.74, 6) is 0.580. The van der Waals surface area contributed by atoms with Crippen LogP contribution in [0.2, 0.25) is 0 Å². The van der Waals surface area contributed by atoms with Crippen molar-refractivity contribution in [1.29, 1.82) is 0 Å². The van der Waals surface area contributed by atoms with E-state index in [9.17, 15) is 0 Å². The van der Waals surface area contributed by atoms with E-state index < -0.39 is 0 Å². The van der Waals surface area contributed by atoms with E-state index in [4.69, 9.17) is 15.2 Å². The Morgan fingerprint density at radius 1 is 1.17 bits per heavy atom. The summed E-state index contributed by atoms with van der Waals surface area (Å²) in [6, 6.07) is 6.27. The highest BCUT2D eigenvalue weighted by atomic mass is 16.5. The third-order valence-electron chi connectivity index (χ3n) is 2.72. The van der Waals surface area contributed by atoms with Crippen molar-refractivity contribution >= 4 is 0 Å². The number of rotatable bonds is 8. The first kappa shape index (κ1) is 15.2. The van der Waals surface area contributed by atoms with Crippen LogP contribution in [0.25, 0.3) is 0 Å². The molecule has 0 radical (unpaired) electrons. The Balaban J connectivity index is 2.23. The molecule has 1 aromatic carbocycles. The van der Waals surface area contributed by atoms with E-state index >= 15 is 0 Å². The Labute approximate surface area is 110 Å². The molecule has 102 valence electrons. The summed E-state index contributed by atoms with van der Waals surface area (Å²) < 4.78 is 11.1. The number of aryl methyl sites for hydroxylation is 1. The molecule has 0 atom stereocenters. The van der Waals surface area contributed by atoms with Crippen molar-refractivity contribution in [2.75, 3.05) is 19.8 Å². The first-order valence-electron chi connectivity index (χ1n) is 6.57. The maximum atomic E-state index is 5.60. The van der Waals surface area contributed by atoms with Crippen LogP contribution in [-0.2, 0) is 22.6 Å². The number of hydrogen-bond acceptors (Lipinski definition) is 3. The van der Waals surface area contributed by atoms with Gasteiger partial charge in [-0.05, 0) is 29.5 Å². The lowest BCUT2D eigenvalue weighted by atomic mass is 10.1. The van der Waals surface area contributed by atoms with Gasteiger partial charge in [-0.2, -0.15) is 0 Å². The van der Waals surface area contributed by atoms with Gasteiger partial charge in [-0.25, -0.2) is 0 Å². The molecule has 0 unspecified atom stereocenters. The summed E-state index contributed by atoms with van der Waals surface area (Å²) in [7, 11) is 0. The molecule has 0 spiro atoms. The zero-order chi connectivity index (χ0) is 13.4.